The van der Waals surface area contributed by atoms with E-state index in [2.05, 4.69) is 20.4 Å². The molecule has 7 heteroatoms. The summed E-state index contributed by atoms with van der Waals surface area (Å²) in [6.45, 7) is 1.37. The zero-order valence-electron chi connectivity index (χ0n) is 16.5. The lowest BCUT2D eigenvalue weighted by molar-refractivity contribution is -0.120. The van der Waals surface area contributed by atoms with E-state index >= 15 is 0 Å². The number of amides is 2. The average molecular weight is 401 g/mol. The van der Waals surface area contributed by atoms with Gasteiger partial charge >= 0.3 is 0 Å². The minimum Gasteiger partial charge on any atom is -0.366 e. The molecule has 1 aliphatic heterocycles. The standard InChI is InChI=1S/C23H23N5O2/c24-22(29)18-10-4-5-11-20(18)25-23(30)17-9-6-14-28(15-17)21-13-12-19(26-27-21)16-7-2-1-3-8-16/h1-5,7-8,10-13,17H,6,9,14-15H2,(H2,24,29)(H,25,30)/t17-/m1/s1. The molecule has 1 aliphatic rings. The lowest BCUT2D eigenvalue weighted by Crippen LogP contribution is -2.41. The van der Waals surface area contributed by atoms with Gasteiger partial charge < -0.3 is 16.0 Å². The van der Waals surface area contributed by atoms with E-state index in [4.69, 9.17) is 5.73 Å². The zero-order chi connectivity index (χ0) is 20.9. The highest BCUT2D eigenvalue weighted by Crippen LogP contribution is 2.25. The highest BCUT2D eigenvalue weighted by Gasteiger charge is 2.27. The molecule has 0 aliphatic carbocycles. The van der Waals surface area contributed by atoms with Crippen LogP contribution in [0.5, 0.6) is 0 Å². The van der Waals surface area contributed by atoms with Gasteiger partial charge in [-0.2, -0.15) is 0 Å². The molecule has 0 saturated carbocycles. The number of hydrogen-bond donors (Lipinski definition) is 2. The van der Waals surface area contributed by atoms with Crippen molar-refractivity contribution in [3.63, 3.8) is 0 Å². The van der Waals surface area contributed by atoms with Crippen molar-refractivity contribution in [2.45, 2.75) is 12.8 Å². The Labute approximate surface area is 174 Å². The van der Waals surface area contributed by atoms with Crippen LogP contribution in [0.15, 0.2) is 66.7 Å². The van der Waals surface area contributed by atoms with Crippen LogP contribution in [0.3, 0.4) is 0 Å². The molecule has 1 fully saturated rings. The van der Waals surface area contributed by atoms with Crippen LogP contribution in [0.1, 0.15) is 23.2 Å². The van der Waals surface area contributed by atoms with E-state index in [1.165, 1.54) is 0 Å². The first-order chi connectivity index (χ1) is 14.6. The van der Waals surface area contributed by atoms with E-state index in [1.807, 2.05) is 42.5 Å². The summed E-state index contributed by atoms with van der Waals surface area (Å²) >= 11 is 0. The van der Waals surface area contributed by atoms with Gasteiger partial charge in [0.25, 0.3) is 5.91 Å². The summed E-state index contributed by atoms with van der Waals surface area (Å²) in [7, 11) is 0. The third kappa shape index (κ3) is 4.30. The first kappa shape index (κ1) is 19.6. The minimum absolute atomic E-state index is 0.123. The number of aromatic nitrogens is 2. The van der Waals surface area contributed by atoms with Gasteiger partial charge in [-0.05, 0) is 37.1 Å². The maximum atomic E-state index is 12.8. The maximum Gasteiger partial charge on any atom is 0.250 e. The van der Waals surface area contributed by atoms with Gasteiger partial charge in [0.05, 0.1) is 22.9 Å². The number of hydrogen-bond acceptors (Lipinski definition) is 5. The van der Waals surface area contributed by atoms with Gasteiger partial charge in [0, 0.05) is 18.7 Å². The summed E-state index contributed by atoms with van der Waals surface area (Å²) in [5.41, 5.74) is 7.99. The third-order valence-corrected chi connectivity index (χ3v) is 5.29. The van der Waals surface area contributed by atoms with Gasteiger partial charge in [-0.1, -0.05) is 42.5 Å². The van der Waals surface area contributed by atoms with Gasteiger partial charge in [-0.25, -0.2) is 0 Å². The molecular weight excluding hydrogens is 378 g/mol. The normalized spacial score (nSPS) is 16.1. The van der Waals surface area contributed by atoms with Gasteiger partial charge in [0.15, 0.2) is 5.82 Å². The van der Waals surface area contributed by atoms with Crippen molar-refractivity contribution in [1.82, 2.24) is 10.2 Å². The smallest absolute Gasteiger partial charge is 0.250 e. The molecule has 7 nitrogen and oxygen atoms in total. The number of anilines is 2. The summed E-state index contributed by atoms with van der Waals surface area (Å²) in [6.07, 6.45) is 1.65. The summed E-state index contributed by atoms with van der Waals surface area (Å²) < 4.78 is 0. The molecule has 1 aromatic heterocycles. The SMILES string of the molecule is NC(=O)c1ccccc1NC(=O)[C@@H]1CCCN(c2ccc(-c3ccccc3)nn2)C1. The quantitative estimate of drug-likeness (QED) is 0.684. The molecule has 152 valence electrons. The number of carbonyl (C=O) groups is 2. The molecule has 3 aromatic rings. The number of piperidine rings is 1. The molecule has 0 unspecified atom stereocenters. The van der Waals surface area contributed by atoms with Crippen molar-refractivity contribution in [2.24, 2.45) is 11.7 Å². The third-order valence-electron chi connectivity index (χ3n) is 5.29. The number of rotatable bonds is 5. The summed E-state index contributed by atoms with van der Waals surface area (Å²) in [6, 6.07) is 20.6. The van der Waals surface area contributed by atoms with Gasteiger partial charge in [0.2, 0.25) is 5.91 Å². The average Bonchev–Trinajstić information content (AvgIpc) is 2.80. The highest BCUT2D eigenvalue weighted by molar-refractivity contribution is 6.03. The number of para-hydroxylation sites is 1. The zero-order valence-corrected chi connectivity index (χ0v) is 16.5. The maximum absolute atomic E-state index is 12.8. The first-order valence-corrected chi connectivity index (χ1v) is 9.95. The van der Waals surface area contributed by atoms with Crippen LogP contribution in [-0.4, -0.2) is 35.1 Å². The fourth-order valence-corrected chi connectivity index (χ4v) is 3.70. The Kier molecular flexibility index (Phi) is 5.70. The molecule has 4 rings (SSSR count). The number of carbonyl (C=O) groups excluding carboxylic acids is 2. The molecule has 0 radical (unpaired) electrons. The predicted octanol–water partition coefficient (Wildman–Crippen LogP) is 3.10. The Bertz CT molecular complexity index is 1040. The number of benzene rings is 2. The Balaban J connectivity index is 1.44. The molecule has 0 bridgehead atoms. The molecule has 30 heavy (non-hydrogen) atoms. The first-order valence-electron chi connectivity index (χ1n) is 9.95. The predicted molar refractivity (Wildman–Crippen MR) is 116 cm³/mol. The van der Waals surface area contributed by atoms with Crippen molar-refractivity contribution < 1.29 is 9.59 Å². The second-order valence-electron chi connectivity index (χ2n) is 7.33. The van der Waals surface area contributed by atoms with Crippen LogP contribution in [-0.2, 0) is 4.79 Å². The van der Waals surface area contributed by atoms with Crippen LogP contribution in [0, 0.1) is 5.92 Å². The van der Waals surface area contributed by atoms with E-state index < -0.39 is 5.91 Å². The number of nitrogens with two attached hydrogens (primary N) is 1. The number of nitrogens with one attached hydrogen (secondary N) is 1. The Morgan fingerprint density at radius 3 is 2.47 bits per heavy atom. The summed E-state index contributed by atoms with van der Waals surface area (Å²) in [4.78, 5) is 26.5. The summed E-state index contributed by atoms with van der Waals surface area (Å²) in [5.74, 6) is -0.146. The second-order valence-corrected chi connectivity index (χ2v) is 7.33. The Morgan fingerprint density at radius 2 is 1.73 bits per heavy atom. The van der Waals surface area contributed by atoms with Crippen molar-refractivity contribution >= 4 is 23.3 Å². The van der Waals surface area contributed by atoms with Crippen LogP contribution in [0.25, 0.3) is 11.3 Å². The van der Waals surface area contributed by atoms with Crippen molar-refractivity contribution in [1.29, 1.82) is 0 Å². The lowest BCUT2D eigenvalue weighted by Gasteiger charge is -2.32. The van der Waals surface area contributed by atoms with Crippen molar-refractivity contribution in [3.8, 4) is 11.3 Å². The molecule has 1 saturated heterocycles. The lowest BCUT2D eigenvalue weighted by atomic mass is 9.96. The fourth-order valence-electron chi connectivity index (χ4n) is 3.70. The van der Waals surface area contributed by atoms with Crippen LogP contribution < -0.4 is 16.0 Å². The largest absolute Gasteiger partial charge is 0.366 e. The topological polar surface area (TPSA) is 101 Å². The van der Waals surface area contributed by atoms with Crippen LogP contribution in [0.4, 0.5) is 11.5 Å². The van der Waals surface area contributed by atoms with Gasteiger partial charge in [-0.3, -0.25) is 9.59 Å². The fraction of sp³-hybridized carbons (Fsp3) is 0.217. The molecule has 1 atom stereocenters. The molecule has 2 heterocycles. The Hall–Kier alpha value is -3.74. The minimum atomic E-state index is -0.565. The van der Waals surface area contributed by atoms with Crippen LogP contribution in [0.2, 0.25) is 0 Å². The monoisotopic (exact) mass is 401 g/mol. The van der Waals surface area contributed by atoms with Crippen LogP contribution >= 0.6 is 0 Å². The number of nitrogens with zero attached hydrogens (tertiary/aromatic N) is 3. The van der Waals surface area contributed by atoms with E-state index in [0.29, 0.717) is 17.8 Å². The Morgan fingerprint density at radius 1 is 0.967 bits per heavy atom. The summed E-state index contributed by atoms with van der Waals surface area (Å²) in [5, 5.41) is 11.6. The van der Waals surface area contributed by atoms with E-state index in [9.17, 15) is 9.59 Å². The van der Waals surface area contributed by atoms with Gasteiger partial charge in [0.1, 0.15) is 0 Å². The molecular formula is C23H23N5O2. The second kappa shape index (κ2) is 8.73. The molecule has 2 amide bonds. The van der Waals surface area contributed by atoms with Crippen molar-refractivity contribution in [2.75, 3.05) is 23.3 Å². The van der Waals surface area contributed by atoms with E-state index in [0.717, 1.165) is 36.5 Å². The van der Waals surface area contributed by atoms with Crippen molar-refractivity contribution in [3.05, 3.63) is 72.3 Å². The molecule has 0 spiro atoms. The number of primary amides is 1. The van der Waals surface area contributed by atoms with Gasteiger partial charge in [-0.15, -0.1) is 10.2 Å². The molecule has 3 N–H and O–H groups in total. The molecule has 2 aromatic carbocycles. The van der Waals surface area contributed by atoms with E-state index in [-0.39, 0.29) is 11.8 Å². The van der Waals surface area contributed by atoms with E-state index in [1.54, 1.807) is 24.3 Å². The highest BCUT2D eigenvalue weighted by atomic mass is 16.2.